The van der Waals surface area contributed by atoms with Crippen molar-refractivity contribution in [2.24, 2.45) is 10.7 Å². The number of halogens is 4. The highest BCUT2D eigenvalue weighted by Crippen LogP contribution is 2.54. The molecule has 1 aliphatic carbocycles. The summed E-state index contributed by atoms with van der Waals surface area (Å²) in [7, 11) is 0. The van der Waals surface area contributed by atoms with E-state index in [1.54, 1.807) is 0 Å². The van der Waals surface area contributed by atoms with Crippen molar-refractivity contribution in [2.45, 2.75) is 36.8 Å². The van der Waals surface area contributed by atoms with E-state index in [1.165, 1.54) is 12.1 Å². The highest BCUT2D eigenvalue weighted by molar-refractivity contribution is 9.10. The maximum atomic E-state index is 14.1. The lowest BCUT2D eigenvalue weighted by Crippen LogP contribution is -2.46. The van der Waals surface area contributed by atoms with Crippen molar-refractivity contribution in [1.82, 2.24) is 0 Å². The summed E-state index contributed by atoms with van der Waals surface area (Å²) in [5.74, 6) is -0.720. The van der Waals surface area contributed by atoms with Gasteiger partial charge >= 0.3 is 0 Å². The quantitative estimate of drug-likeness (QED) is 0.891. The summed E-state index contributed by atoms with van der Waals surface area (Å²) in [6.07, 6.45) is -1.67. The molecule has 3 nitrogen and oxygen atoms in total. The molecular formula is C13H12BrF3N2O. The van der Waals surface area contributed by atoms with E-state index >= 15 is 0 Å². The molecule has 2 N–H and O–H groups in total. The Morgan fingerprint density at radius 3 is 2.65 bits per heavy atom. The van der Waals surface area contributed by atoms with Gasteiger partial charge < -0.3 is 10.5 Å². The lowest BCUT2D eigenvalue weighted by atomic mass is 9.83. The summed E-state index contributed by atoms with van der Waals surface area (Å²) in [6, 6.07) is 3.63. The molecule has 108 valence electrons. The van der Waals surface area contributed by atoms with Gasteiger partial charge in [0, 0.05) is 16.5 Å². The Labute approximate surface area is 122 Å². The van der Waals surface area contributed by atoms with Gasteiger partial charge in [0.1, 0.15) is 11.4 Å². The highest BCUT2D eigenvalue weighted by Gasteiger charge is 2.59. The van der Waals surface area contributed by atoms with E-state index < -0.39 is 23.4 Å². The number of nitrogens with zero attached hydrogens (tertiary/aromatic N) is 1. The fourth-order valence-corrected chi connectivity index (χ4v) is 3.02. The molecule has 0 unspecified atom stereocenters. The molecule has 0 bridgehead atoms. The summed E-state index contributed by atoms with van der Waals surface area (Å²) in [5.41, 5.74) is 2.71. The molecule has 1 saturated carbocycles. The number of aliphatic imine (C=N–C) groups is 1. The summed E-state index contributed by atoms with van der Waals surface area (Å²) in [5, 5.41) is 0. The van der Waals surface area contributed by atoms with E-state index in [1.807, 2.05) is 0 Å². The number of nitrogens with two attached hydrogens (primary N) is 1. The van der Waals surface area contributed by atoms with Crippen LogP contribution in [0.5, 0.6) is 0 Å². The van der Waals surface area contributed by atoms with Crippen LogP contribution in [0.3, 0.4) is 0 Å². The van der Waals surface area contributed by atoms with E-state index in [9.17, 15) is 13.2 Å². The van der Waals surface area contributed by atoms with Crippen molar-refractivity contribution in [3.05, 3.63) is 34.1 Å². The molecule has 2 aliphatic rings. The third-order valence-corrected chi connectivity index (χ3v) is 4.28. The predicted molar refractivity (Wildman–Crippen MR) is 71.1 cm³/mol. The van der Waals surface area contributed by atoms with E-state index in [0.29, 0.717) is 17.3 Å². The molecule has 1 spiro atoms. The van der Waals surface area contributed by atoms with E-state index in [2.05, 4.69) is 20.9 Å². The van der Waals surface area contributed by atoms with E-state index in [-0.39, 0.29) is 18.0 Å². The van der Waals surface area contributed by atoms with Crippen LogP contribution in [0, 0.1) is 5.82 Å². The van der Waals surface area contributed by atoms with Gasteiger partial charge in [0.15, 0.2) is 5.54 Å². The van der Waals surface area contributed by atoms with Gasteiger partial charge in [0.2, 0.25) is 0 Å². The molecule has 1 fully saturated rings. The van der Waals surface area contributed by atoms with Crippen LogP contribution in [0.1, 0.15) is 24.8 Å². The van der Waals surface area contributed by atoms with Crippen molar-refractivity contribution < 1.29 is 17.9 Å². The van der Waals surface area contributed by atoms with Crippen molar-refractivity contribution in [1.29, 1.82) is 0 Å². The first-order valence-electron chi connectivity index (χ1n) is 6.15. The number of hydrogen-bond acceptors (Lipinski definition) is 3. The van der Waals surface area contributed by atoms with Gasteiger partial charge in [-0.25, -0.2) is 18.2 Å². The van der Waals surface area contributed by atoms with Gasteiger partial charge in [-0.2, -0.15) is 0 Å². The summed E-state index contributed by atoms with van der Waals surface area (Å²) < 4.78 is 47.3. The van der Waals surface area contributed by atoms with Crippen LogP contribution in [-0.4, -0.2) is 18.0 Å². The van der Waals surface area contributed by atoms with Gasteiger partial charge in [0.05, 0.1) is 0 Å². The molecule has 1 aromatic rings. The van der Waals surface area contributed by atoms with Crippen molar-refractivity contribution >= 4 is 22.0 Å². The minimum absolute atomic E-state index is 0.0638. The van der Waals surface area contributed by atoms with Crippen molar-refractivity contribution in [2.75, 3.05) is 0 Å². The molecular weight excluding hydrogens is 337 g/mol. The van der Waals surface area contributed by atoms with Crippen LogP contribution < -0.4 is 5.73 Å². The predicted octanol–water partition coefficient (Wildman–Crippen LogP) is 3.32. The second kappa shape index (κ2) is 4.38. The summed E-state index contributed by atoms with van der Waals surface area (Å²) in [6.45, 7) is 0. The summed E-state index contributed by atoms with van der Waals surface area (Å²) >= 11 is 3.17. The zero-order chi connectivity index (χ0) is 14.5. The Morgan fingerprint density at radius 1 is 1.35 bits per heavy atom. The Bertz CT molecular complexity index is 589. The molecule has 3 rings (SSSR count). The highest BCUT2D eigenvalue weighted by atomic mass is 79.9. The zero-order valence-corrected chi connectivity index (χ0v) is 12.0. The monoisotopic (exact) mass is 348 g/mol. The SMILES string of the molecule is NC1=N[C@](c2cc(Br)ccc2F)(C(F)F)CC2(CC2)O1. The lowest BCUT2D eigenvalue weighted by molar-refractivity contribution is -0.00805. The van der Waals surface area contributed by atoms with Crippen LogP contribution in [0.25, 0.3) is 0 Å². The molecule has 1 aliphatic heterocycles. The largest absolute Gasteiger partial charge is 0.459 e. The number of rotatable bonds is 2. The normalized spacial score (nSPS) is 27.4. The first-order chi connectivity index (χ1) is 9.37. The molecule has 1 atom stereocenters. The Balaban J connectivity index is 2.17. The minimum Gasteiger partial charge on any atom is -0.459 e. The number of benzene rings is 1. The van der Waals surface area contributed by atoms with Gasteiger partial charge in [0.25, 0.3) is 12.4 Å². The maximum absolute atomic E-state index is 14.1. The maximum Gasteiger partial charge on any atom is 0.283 e. The van der Waals surface area contributed by atoms with Gasteiger partial charge in [-0.15, -0.1) is 0 Å². The van der Waals surface area contributed by atoms with Crippen LogP contribution in [-0.2, 0) is 10.3 Å². The smallest absolute Gasteiger partial charge is 0.283 e. The fourth-order valence-electron chi connectivity index (χ4n) is 2.65. The second-order valence-corrected chi connectivity index (χ2v) is 6.18. The second-order valence-electron chi connectivity index (χ2n) is 5.26. The molecule has 0 aromatic heterocycles. The van der Waals surface area contributed by atoms with Crippen molar-refractivity contribution in [3.63, 3.8) is 0 Å². The van der Waals surface area contributed by atoms with Crippen LogP contribution in [0.15, 0.2) is 27.7 Å². The molecule has 0 saturated heterocycles. The Kier molecular flexibility index (Phi) is 3.00. The Morgan fingerprint density at radius 2 is 2.05 bits per heavy atom. The number of alkyl halides is 2. The zero-order valence-electron chi connectivity index (χ0n) is 10.4. The first-order valence-corrected chi connectivity index (χ1v) is 6.94. The van der Waals surface area contributed by atoms with Gasteiger partial charge in [-0.3, -0.25) is 0 Å². The molecule has 0 amide bonds. The topological polar surface area (TPSA) is 47.6 Å². The number of amidine groups is 1. The van der Waals surface area contributed by atoms with Crippen molar-refractivity contribution in [3.8, 4) is 0 Å². The number of hydrogen-bond donors (Lipinski definition) is 1. The van der Waals surface area contributed by atoms with Crippen LogP contribution in [0.4, 0.5) is 13.2 Å². The fraction of sp³-hybridized carbons (Fsp3) is 0.462. The first kappa shape index (κ1) is 13.7. The van der Waals surface area contributed by atoms with Crippen LogP contribution >= 0.6 is 15.9 Å². The average Bonchev–Trinajstić information content (AvgIpc) is 3.09. The standard InChI is InChI=1S/C13H12BrF3N2O/c14-7-1-2-9(15)8(5-7)13(10(16)17)6-12(3-4-12)20-11(18)19-13/h1-2,5,10H,3-4,6H2,(H2,18,19)/t13-/m1/s1. The molecule has 0 radical (unpaired) electrons. The molecule has 1 aromatic carbocycles. The third-order valence-electron chi connectivity index (χ3n) is 3.79. The van der Waals surface area contributed by atoms with E-state index in [4.69, 9.17) is 10.5 Å². The van der Waals surface area contributed by atoms with Gasteiger partial charge in [-0.1, -0.05) is 15.9 Å². The van der Waals surface area contributed by atoms with Gasteiger partial charge in [-0.05, 0) is 31.0 Å². The summed E-state index contributed by atoms with van der Waals surface area (Å²) in [4.78, 5) is 3.78. The molecule has 7 heteroatoms. The Hall–Kier alpha value is -1.24. The lowest BCUT2D eigenvalue weighted by Gasteiger charge is -2.37. The molecule has 1 heterocycles. The van der Waals surface area contributed by atoms with E-state index in [0.717, 1.165) is 6.07 Å². The number of ether oxygens (including phenoxy) is 1. The third kappa shape index (κ3) is 2.08. The minimum atomic E-state index is -2.87. The average molecular weight is 349 g/mol. The molecule has 20 heavy (non-hydrogen) atoms. The van der Waals surface area contributed by atoms with Crippen LogP contribution in [0.2, 0.25) is 0 Å².